The van der Waals surface area contributed by atoms with E-state index < -0.39 is 11.9 Å². The lowest BCUT2D eigenvalue weighted by Gasteiger charge is -2.41. The standard InChI is InChI=1S/C18H15ClN2O4/c1-3-9-24-18-11-8-7-10(2)20-15(11)16(22)21(18)13-6-4-5-12(19)14(13)17(23)25-18/h4-8H,3,9H2,1-2H3. The molecule has 4 rings (SSSR count). The predicted molar refractivity (Wildman–Crippen MR) is 90.6 cm³/mol. The lowest BCUT2D eigenvalue weighted by molar-refractivity contribution is -0.207. The van der Waals surface area contributed by atoms with Crippen LogP contribution in [0.5, 0.6) is 0 Å². The summed E-state index contributed by atoms with van der Waals surface area (Å²) >= 11 is 6.17. The molecule has 1 unspecified atom stereocenters. The van der Waals surface area contributed by atoms with Gasteiger partial charge >= 0.3 is 11.9 Å². The minimum Gasteiger partial charge on any atom is -0.405 e. The third kappa shape index (κ3) is 2.11. The quantitative estimate of drug-likeness (QED) is 0.786. The number of pyridine rings is 1. The number of hydrogen-bond acceptors (Lipinski definition) is 5. The maximum absolute atomic E-state index is 13.1. The van der Waals surface area contributed by atoms with Gasteiger partial charge in [0.15, 0.2) is 0 Å². The molecule has 0 fully saturated rings. The molecule has 2 aromatic rings. The topological polar surface area (TPSA) is 68.7 Å². The highest BCUT2D eigenvalue weighted by molar-refractivity contribution is 6.35. The molecule has 1 amide bonds. The lowest BCUT2D eigenvalue weighted by Crippen LogP contribution is -2.53. The van der Waals surface area contributed by atoms with Gasteiger partial charge in [-0.3, -0.25) is 4.79 Å². The van der Waals surface area contributed by atoms with Crippen LogP contribution < -0.4 is 4.90 Å². The Labute approximate surface area is 149 Å². The second kappa shape index (κ2) is 5.54. The molecule has 2 aliphatic rings. The van der Waals surface area contributed by atoms with Crippen LogP contribution >= 0.6 is 11.6 Å². The maximum Gasteiger partial charge on any atom is 0.345 e. The van der Waals surface area contributed by atoms with Crippen LogP contribution in [0, 0.1) is 6.92 Å². The zero-order chi connectivity index (χ0) is 17.8. The smallest absolute Gasteiger partial charge is 0.345 e. The summed E-state index contributed by atoms with van der Waals surface area (Å²) in [6.45, 7) is 4.03. The molecule has 6 nitrogen and oxygen atoms in total. The summed E-state index contributed by atoms with van der Waals surface area (Å²) in [4.78, 5) is 31.4. The number of hydrogen-bond donors (Lipinski definition) is 0. The highest BCUT2D eigenvalue weighted by atomic mass is 35.5. The number of ether oxygens (including phenoxy) is 2. The summed E-state index contributed by atoms with van der Waals surface area (Å²) in [7, 11) is 0. The van der Waals surface area contributed by atoms with Crippen molar-refractivity contribution in [2.45, 2.75) is 26.2 Å². The normalized spacial score (nSPS) is 20.8. The molecule has 1 atom stereocenters. The van der Waals surface area contributed by atoms with Crippen molar-refractivity contribution in [2.24, 2.45) is 0 Å². The van der Waals surface area contributed by atoms with E-state index in [9.17, 15) is 9.59 Å². The first kappa shape index (κ1) is 16.1. The van der Waals surface area contributed by atoms with Gasteiger partial charge in [-0.05, 0) is 37.6 Å². The van der Waals surface area contributed by atoms with E-state index in [-0.39, 0.29) is 22.2 Å². The summed E-state index contributed by atoms with van der Waals surface area (Å²) in [6.07, 6.45) is 0.693. The number of amides is 1. The third-order valence-corrected chi connectivity index (χ3v) is 4.56. The van der Waals surface area contributed by atoms with E-state index in [1.54, 1.807) is 37.3 Å². The molecule has 1 aromatic heterocycles. The molecule has 1 aromatic carbocycles. The van der Waals surface area contributed by atoms with Crippen molar-refractivity contribution >= 4 is 29.2 Å². The first-order valence-corrected chi connectivity index (χ1v) is 8.36. The average Bonchev–Trinajstić information content (AvgIpc) is 2.82. The van der Waals surface area contributed by atoms with Crippen molar-refractivity contribution in [3.8, 4) is 0 Å². The number of aromatic nitrogens is 1. The zero-order valence-electron chi connectivity index (χ0n) is 13.7. The molecule has 0 aliphatic carbocycles. The van der Waals surface area contributed by atoms with Gasteiger partial charge in [0.2, 0.25) is 0 Å². The molecule has 0 N–H and O–H groups in total. The van der Waals surface area contributed by atoms with Crippen LogP contribution in [0.2, 0.25) is 5.02 Å². The fourth-order valence-corrected chi connectivity index (χ4v) is 3.44. The molecule has 25 heavy (non-hydrogen) atoms. The van der Waals surface area contributed by atoms with E-state index in [0.29, 0.717) is 30.0 Å². The van der Waals surface area contributed by atoms with Crippen molar-refractivity contribution in [2.75, 3.05) is 11.5 Å². The number of esters is 1. The maximum atomic E-state index is 13.1. The second-order valence-corrected chi connectivity index (χ2v) is 6.35. The van der Waals surface area contributed by atoms with Gasteiger partial charge in [0.25, 0.3) is 5.91 Å². The number of carbonyl (C=O) groups excluding carboxylic acids is 2. The van der Waals surface area contributed by atoms with Crippen LogP contribution in [0.1, 0.15) is 45.4 Å². The highest BCUT2D eigenvalue weighted by Gasteiger charge is 2.60. The third-order valence-electron chi connectivity index (χ3n) is 4.24. The Hall–Kier alpha value is -2.44. The molecule has 2 aliphatic heterocycles. The van der Waals surface area contributed by atoms with Crippen molar-refractivity contribution in [1.82, 2.24) is 4.98 Å². The predicted octanol–water partition coefficient (Wildman–Crippen LogP) is 3.41. The molecular formula is C18H15ClN2O4. The minimum atomic E-state index is -1.64. The molecule has 0 saturated carbocycles. The van der Waals surface area contributed by atoms with Crippen LogP contribution in [0.15, 0.2) is 30.3 Å². The van der Waals surface area contributed by atoms with Gasteiger partial charge in [-0.1, -0.05) is 24.6 Å². The minimum absolute atomic E-state index is 0.151. The first-order valence-electron chi connectivity index (χ1n) is 7.98. The van der Waals surface area contributed by atoms with Crippen molar-refractivity contribution in [3.63, 3.8) is 0 Å². The number of nitrogens with zero attached hydrogens (tertiary/aromatic N) is 2. The molecule has 0 radical (unpaired) electrons. The molecule has 7 heteroatoms. The number of carbonyl (C=O) groups is 2. The van der Waals surface area contributed by atoms with Crippen LogP contribution in [0.25, 0.3) is 0 Å². The van der Waals surface area contributed by atoms with Crippen LogP contribution in [0.3, 0.4) is 0 Å². The summed E-state index contributed by atoms with van der Waals surface area (Å²) in [5.74, 6) is -2.65. The fourth-order valence-electron chi connectivity index (χ4n) is 3.19. The van der Waals surface area contributed by atoms with Crippen molar-refractivity contribution in [1.29, 1.82) is 0 Å². The van der Waals surface area contributed by atoms with Crippen LogP contribution in [-0.4, -0.2) is 23.5 Å². The lowest BCUT2D eigenvalue weighted by atomic mass is 10.1. The summed E-state index contributed by atoms with van der Waals surface area (Å²) in [5.41, 5.74) is 1.85. The van der Waals surface area contributed by atoms with Gasteiger partial charge < -0.3 is 9.47 Å². The molecule has 128 valence electrons. The van der Waals surface area contributed by atoms with Crippen LogP contribution in [0.4, 0.5) is 5.69 Å². The second-order valence-electron chi connectivity index (χ2n) is 5.94. The van der Waals surface area contributed by atoms with Crippen LogP contribution in [-0.2, 0) is 15.4 Å². The molecule has 3 heterocycles. The number of rotatable bonds is 3. The Morgan fingerprint density at radius 1 is 1.28 bits per heavy atom. The number of fused-ring (bicyclic) bond motifs is 5. The Bertz CT molecular complexity index is 914. The van der Waals surface area contributed by atoms with E-state index in [1.807, 2.05) is 6.92 Å². The Morgan fingerprint density at radius 3 is 2.84 bits per heavy atom. The number of halogens is 1. The number of anilines is 1. The molecule has 0 spiro atoms. The monoisotopic (exact) mass is 358 g/mol. The van der Waals surface area contributed by atoms with E-state index >= 15 is 0 Å². The van der Waals surface area contributed by atoms with Crippen molar-refractivity contribution < 1.29 is 19.1 Å². The summed E-state index contributed by atoms with van der Waals surface area (Å²) in [6, 6.07) is 8.39. The van der Waals surface area contributed by atoms with Crippen molar-refractivity contribution in [3.05, 3.63) is 57.9 Å². The SMILES string of the molecule is CCCOC12OC(=O)c3c(Cl)cccc3N1C(=O)c1nc(C)ccc12. The van der Waals surface area contributed by atoms with Gasteiger partial charge in [-0.25, -0.2) is 14.7 Å². The van der Waals surface area contributed by atoms with Gasteiger partial charge in [-0.15, -0.1) is 0 Å². The summed E-state index contributed by atoms with van der Waals surface area (Å²) in [5, 5.41) is 0.222. The summed E-state index contributed by atoms with van der Waals surface area (Å²) < 4.78 is 11.6. The van der Waals surface area contributed by atoms with E-state index in [1.165, 1.54) is 4.90 Å². The Balaban J connectivity index is 2.00. The number of benzene rings is 1. The van der Waals surface area contributed by atoms with E-state index in [0.717, 1.165) is 0 Å². The number of aryl methyl sites for hydroxylation is 1. The molecule has 0 saturated heterocycles. The van der Waals surface area contributed by atoms with E-state index in [4.69, 9.17) is 21.1 Å². The molecular weight excluding hydrogens is 344 g/mol. The Kier molecular flexibility index (Phi) is 3.56. The van der Waals surface area contributed by atoms with E-state index in [2.05, 4.69) is 4.98 Å². The highest BCUT2D eigenvalue weighted by Crippen LogP contribution is 2.49. The fraction of sp³-hybridized carbons (Fsp3) is 0.278. The zero-order valence-corrected chi connectivity index (χ0v) is 14.5. The van der Waals surface area contributed by atoms with Gasteiger partial charge in [0.05, 0.1) is 22.9 Å². The van der Waals surface area contributed by atoms with Gasteiger partial charge in [0, 0.05) is 5.69 Å². The average molecular weight is 359 g/mol. The first-order chi connectivity index (χ1) is 12.0. The van der Waals surface area contributed by atoms with Gasteiger partial charge in [-0.2, -0.15) is 0 Å². The largest absolute Gasteiger partial charge is 0.405 e. The van der Waals surface area contributed by atoms with Gasteiger partial charge in [0.1, 0.15) is 11.3 Å². The molecule has 0 bridgehead atoms. The Morgan fingerprint density at radius 2 is 2.08 bits per heavy atom.